The Labute approximate surface area is 236 Å². The molecule has 0 heterocycles. The fraction of sp³-hybridized carbons (Fsp3) is 0.694. The molecule has 0 aromatic heterocycles. The molecule has 0 atom stereocenters. The Morgan fingerprint density at radius 2 is 1.42 bits per heavy atom. The van der Waals surface area contributed by atoms with E-state index in [1.165, 1.54) is 107 Å². The number of carbonyl (C=O) groups excluding carboxylic acids is 1. The molecule has 0 aliphatic heterocycles. The molecular weight excluding hydrogens is 464 g/mol. The first-order chi connectivity index (χ1) is 18.3. The molecule has 0 unspecified atom stereocenters. The maximum absolute atomic E-state index is 12.0. The molecule has 0 saturated heterocycles. The molecule has 0 amide bonds. The Bertz CT molecular complexity index is 803. The van der Waals surface area contributed by atoms with Crippen molar-refractivity contribution >= 4 is 5.97 Å². The summed E-state index contributed by atoms with van der Waals surface area (Å²) in [5.74, 6) is -0.0720. The van der Waals surface area contributed by atoms with Crippen molar-refractivity contribution in [3.63, 3.8) is 0 Å². The van der Waals surface area contributed by atoms with E-state index in [4.69, 9.17) is 4.74 Å². The van der Waals surface area contributed by atoms with Crippen molar-refractivity contribution in [2.45, 2.75) is 151 Å². The van der Waals surface area contributed by atoms with Crippen LogP contribution in [0.25, 0.3) is 0 Å². The highest BCUT2D eigenvalue weighted by Crippen LogP contribution is 2.40. The lowest BCUT2D eigenvalue weighted by atomic mass is 9.72. The predicted molar refractivity (Wildman–Crippen MR) is 167 cm³/mol. The monoisotopic (exact) mass is 524 g/mol. The summed E-state index contributed by atoms with van der Waals surface area (Å²) in [6.07, 6.45) is 34.3. The van der Waals surface area contributed by atoms with E-state index in [0.29, 0.717) is 13.0 Å². The Balaban J connectivity index is 2.13. The zero-order valence-corrected chi connectivity index (χ0v) is 26.0. The van der Waals surface area contributed by atoms with Gasteiger partial charge in [-0.25, -0.2) is 0 Å². The topological polar surface area (TPSA) is 26.3 Å². The summed E-state index contributed by atoms with van der Waals surface area (Å²) in [6.45, 7) is 13.8. The SMILES string of the molecule is CCCCCCCCCCCCCCCC(=O)OC/C=C(/C)C=CC=C(C)/C=C/C1=C(C)CCCC1(C)C. The highest BCUT2D eigenvalue weighted by atomic mass is 16.5. The van der Waals surface area contributed by atoms with Crippen molar-refractivity contribution in [2.75, 3.05) is 6.61 Å². The molecule has 216 valence electrons. The van der Waals surface area contributed by atoms with E-state index in [1.54, 1.807) is 0 Å². The van der Waals surface area contributed by atoms with Crippen molar-refractivity contribution in [1.29, 1.82) is 0 Å². The summed E-state index contributed by atoms with van der Waals surface area (Å²) in [5, 5.41) is 0. The highest BCUT2D eigenvalue weighted by molar-refractivity contribution is 5.69. The van der Waals surface area contributed by atoms with Crippen LogP contribution < -0.4 is 0 Å². The van der Waals surface area contributed by atoms with Crippen molar-refractivity contribution in [3.8, 4) is 0 Å². The molecule has 0 spiro atoms. The third kappa shape index (κ3) is 16.9. The minimum Gasteiger partial charge on any atom is -0.461 e. The molecule has 1 aliphatic carbocycles. The first-order valence-electron chi connectivity index (χ1n) is 15.8. The quantitative estimate of drug-likeness (QED) is 0.0899. The van der Waals surface area contributed by atoms with Crippen molar-refractivity contribution in [1.82, 2.24) is 0 Å². The fourth-order valence-electron chi connectivity index (χ4n) is 5.33. The number of hydrogen-bond acceptors (Lipinski definition) is 2. The molecule has 0 saturated carbocycles. The van der Waals surface area contributed by atoms with Crippen LogP contribution in [0.15, 0.2) is 58.7 Å². The van der Waals surface area contributed by atoms with Crippen LogP contribution in [0, 0.1) is 5.41 Å². The van der Waals surface area contributed by atoms with Crippen molar-refractivity contribution in [3.05, 3.63) is 58.7 Å². The van der Waals surface area contributed by atoms with Crippen molar-refractivity contribution in [2.24, 2.45) is 5.41 Å². The summed E-state index contributed by atoms with van der Waals surface area (Å²) in [6, 6.07) is 0. The molecule has 1 rings (SSSR count). The zero-order valence-electron chi connectivity index (χ0n) is 26.0. The lowest BCUT2D eigenvalue weighted by molar-refractivity contribution is -0.142. The predicted octanol–water partition coefficient (Wildman–Crippen LogP) is 11.5. The first-order valence-corrected chi connectivity index (χ1v) is 15.8. The van der Waals surface area contributed by atoms with Gasteiger partial charge < -0.3 is 4.74 Å². The molecule has 0 bridgehead atoms. The molecule has 0 aromatic carbocycles. The normalized spacial score (nSPS) is 16.7. The Hall–Kier alpha value is -1.83. The minimum absolute atomic E-state index is 0.0720. The lowest BCUT2D eigenvalue weighted by Crippen LogP contribution is -2.19. The maximum Gasteiger partial charge on any atom is 0.306 e. The van der Waals surface area contributed by atoms with Crippen LogP contribution in [0.1, 0.15) is 151 Å². The Morgan fingerprint density at radius 3 is 2.00 bits per heavy atom. The third-order valence-corrected chi connectivity index (χ3v) is 7.91. The molecule has 0 radical (unpaired) electrons. The second-order valence-corrected chi connectivity index (χ2v) is 12.2. The van der Waals surface area contributed by atoms with Gasteiger partial charge in [-0.05, 0) is 63.5 Å². The van der Waals surface area contributed by atoms with Gasteiger partial charge in [-0.15, -0.1) is 0 Å². The average molecular weight is 525 g/mol. The molecule has 0 aromatic rings. The van der Waals surface area contributed by atoms with Gasteiger partial charge in [0, 0.05) is 6.42 Å². The minimum atomic E-state index is -0.0720. The largest absolute Gasteiger partial charge is 0.461 e. The van der Waals surface area contributed by atoms with Gasteiger partial charge in [-0.2, -0.15) is 0 Å². The second kappa shape index (κ2) is 21.0. The van der Waals surface area contributed by atoms with E-state index in [1.807, 2.05) is 6.08 Å². The first kappa shape index (κ1) is 34.2. The second-order valence-electron chi connectivity index (χ2n) is 12.2. The van der Waals surface area contributed by atoms with Gasteiger partial charge in [0.05, 0.1) is 0 Å². The number of allylic oxidation sites excluding steroid dienone is 9. The lowest BCUT2D eigenvalue weighted by Gasteiger charge is -2.32. The number of ether oxygens (including phenoxy) is 1. The van der Waals surface area contributed by atoms with Crippen LogP contribution in [-0.2, 0) is 9.53 Å². The van der Waals surface area contributed by atoms with Crippen LogP contribution >= 0.6 is 0 Å². The zero-order chi connectivity index (χ0) is 28.1. The Morgan fingerprint density at radius 1 is 0.842 bits per heavy atom. The van der Waals surface area contributed by atoms with Gasteiger partial charge in [0.25, 0.3) is 0 Å². The standard InChI is InChI=1S/C36H60O2/c1-7-8-9-10-11-12-13-14-15-16-17-18-19-25-35(37)38-30-28-32(3)23-20-22-31(2)26-27-34-33(4)24-21-29-36(34,5)6/h20,22-23,26-28H,7-19,21,24-25,29-30H2,1-6H3/b23-20?,27-26+,31-22?,32-28-. The number of esters is 1. The summed E-state index contributed by atoms with van der Waals surface area (Å²) < 4.78 is 5.40. The van der Waals surface area contributed by atoms with Crippen LogP contribution in [0.4, 0.5) is 0 Å². The summed E-state index contributed by atoms with van der Waals surface area (Å²) in [5.41, 5.74) is 5.65. The Kier molecular flexibility index (Phi) is 18.9. The molecule has 2 heteroatoms. The van der Waals surface area contributed by atoms with E-state index < -0.39 is 0 Å². The summed E-state index contributed by atoms with van der Waals surface area (Å²) >= 11 is 0. The summed E-state index contributed by atoms with van der Waals surface area (Å²) in [7, 11) is 0. The van der Waals surface area contributed by atoms with E-state index in [9.17, 15) is 4.79 Å². The van der Waals surface area contributed by atoms with Gasteiger partial charge in [-0.3, -0.25) is 4.79 Å². The van der Waals surface area contributed by atoms with Gasteiger partial charge in [0.1, 0.15) is 6.61 Å². The molecular formula is C36H60O2. The summed E-state index contributed by atoms with van der Waals surface area (Å²) in [4.78, 5) is 12.0. The van der Waals surface area contributed by atoms with E-state index >= 15 is 0 Å². The van der Waals surface area contributed by atoms with Crippen LogP contribution in [0.5, 0.6) is 0 Å². The van der Waals surface area contributed by atoms with Crippen LogP contribution in [0.3, 0.4) is 0 Å². The van der Waals surface area contributed by atoms with Gasteiger partial charge in [0.2, 0.25) is 0 Å². The number of hydrogen-bond donors (Lipinski definition) is 0. The number of unbranched alkanes of at least 4 members (excludes halogenated alkanes) is 12. The third-order valence-electron chi connectivity index (χ3n) is 7.91. The molecule has 0 N–H and O–H groups in total. The smallest absolute Gasteiger partial charge is 0.306 e. The van der Waals surface area contributed by atoms with Gasteiger partial charge in [0.15, 0.2) is 0 Å². The van der Waals surface area contributed by atoms with Crippen molar-refractivity contribution < 1.29 is 9.53 Å². The van der Waals surface area contributed by atoms with Crippen LogP contribution in [-0.4, -0.2) is 12.6 Å². The highest BCUT2D eigenvalue weighted by Gasteiger charge is 2.26. The average Bonchev–Trinajstić information content (AvgIpc) is 2.86. The van der Waals surface area contributed by atoms with Gasteiger partial charge in [-0.1, -0.05) is 145 Å². The fourth-order valence-corrected chi connectivity index (χ4v) is 5.33. The van der Waals surface area contributed by atoms with Gasteiger partial charge >= 0.3 is 5.97 Å². The molecule has 1 aliphatic rings. The van der Waals surface area contributed by atoms with E-state index in [0.717, 1.165) is 18.4 Å². The maximum atomic E-state index is 12.0. The molecule has 2 nitrogen and oxygen atoms in total. The molecule has 0 fully saturated rings. The van der Waals surface area contributed by atoms with E-state index in [-0.39, 0.29) is 11.4 Å². The van der Waals surface area contributed by atoms with Crippen LogP contribution in [0.2, 0.25) is 0 Å². The number of rotatable bonds is 20. The number of carbonyl (C=O) groups is 1. The van der Waals surface area contributed by atoms with E-state index in [2.05, 4.69) is 71.9 Å². The molecule has 38 heavy (non-hydrogen) atoms.